The van der Waals surface area contributed by atoms with E-state index in [2.05, 4.69) is 31.2 Å². The Balaban J connectivity index is 2.92. The summed E-state index contributed by atoms with van der Waals surface area (Å²) in [6.45, 7) is 7.32. The molecule has 1 aromatic rings. The van der Waals surface area contributed by atoms with Gasteiger partial charge in [0.1, 0.15) is 0 Å². The van der Waals surface area contributed by atoms with Crippen molar-refractivity contribution in [3.8, 4) is 0 Å². The first-order valence-corrected chi connectivity index (χ1v) is 5.79. The van der Waals surface area contributed by atoms with Crippen LogP contribution in [-0.2, 0) is 11.8 Å². The minimum absolute atomic E-state index is 0.157. The molecule has 0 spiro atoms. The maximum atomic E-state index is 5.57. The molecular formula is C12H23N3O. The van der Waals surface area contributed by atoms with E-state index in [-0.39, 0.29) is 11.6 Å². The second-order valence-electron chi connectivity index (χ2n) is 4.57. The average Bonchev–Trinajstić information content (AvgIpc) is 2.65. The van der Waals surface area contributed by atoms with E-state index in [0.717, 1.165) is 18.7 Å². The minimum atomic E-state index is -0.247. The van der Waals surface area contributed by atoms with Crippen LogP contribution in [0.5, 0.6) is 0 Å². The second kappa shape index (κ2) is 5.46. The van der Waals surface area contributed by atoms with E-state index in [0.29, 0.717) is 0 Å². The quantitative estimate of drug-likeness (QED) is 0.803. The lowest BCUT2D eigenvalue weighted by atomic mass is 9.95. The van der Waals surface area contributed by atoms with Crippen LogP contribution < -0.4 is 5.32 Å². The molecule has 4 nitrogen and oxygen atoms in total. The second-order valence-corrected chi connectivity index (χ2v) is 4.57. The van der Waals surface area contributed by atoms with Crippen molar-refractivity contribution in [2.45, 2.75) is 38.8 Å². The van der Waals surface area contributed by atoms with Gasteiger partial charge in [-0.1, -0.05) is 6.92 Å². The lowest BCUT2D eigenvalue weighted by Crippen LogP contribution is -2.42. The fourth-order valence-corrected chi connectivity index (χ4v) is 1.78. The van der Waals surface area contributed by atoms with Gasteiger partial charge >= 0.3 is 0 Å². The number of aromatic nitrogens is 2. The molecule has 0 bridgehead atoms. The van der Waals surface area contributed by atoms with Crippen molar-refractivity contribution < 1.29 is 4.74 Å². The third kappa shape index (κ3) is 2.83. The molecule has 0 aliphatic heterocycles. The van der Waals surface area contributed by atoms with Crippen molar-refractivity contribution in [1.29, 1.82) is 0 Å². The molecule has 1 rings (SSSR count). The van der Waals surface area contributed by atoms with Crippen LogP contribution in [0.1, 0.15) is 38.9 Å². The van der Waals surface area contributed by atoms with E-state index in [4.69, 9.17) is 4.74 Å². The summed E-state index contributed by atoms with van der Waals surface area (Å²) in [6, 6.07) is 2.19. The van der Waals surface area contributed by atoms with Gasteiger partial charge in [0.25, 0.3) is 0 Å². The fourth-order valence-electron chi connectivity index (χ4n) is 1.78. The summed E-state index contributed by atoms with van der Waals surface area (Å²) in [5, 5.41) is 7.73. The largest absolute Gasteiger partial charge is 0.377 e. The van der Waals surface area contributed by atoms with Gasteiger partial charge in [0, 0.05) is 20.4 Å². The van der Waals surface area contributed by atoms with Crippen molar-refractivity contribution in [3.05, 3.63) is 18.0 Å². The Morgan fingerprint density at radius 1 is 1.56 bits per heavy atom. The molecule has 0 radical (unpaired) electrons. The van der Waals surface area contributed by atoms with Crippen LogP contribution >= 0.6 is 0 Å². The zero-order valence-corrected chi connectivity index (χ0v) is 10.9. The van der Waals surface area contributed by atoms with Gasteiger partial charge in [0.2, 0.25) is 0 Å². The maximum absolute atomic E-state index is 5.57. The molecule has 0 aliphatic rings. The SMILES string of the molecule is CCCNC(c1ccnn1C)C(C)(C)OC. The van der Waals surface area contributed by atoms with Crippen LogP contribution in [0, 0.1) is 0 Å². The summed E-state index contributed by atoms with van der Waals surface area (Å²) in [6.07, 6.45) is 2.93. The van der Waals surface area contributed by atoms with Crippen LogP contribution in [0.2, 0.25) is 0 Å². The number of nitrogens with zero attached hydrogens (tertiary/aromatic N) is 2. The zero-order valence-electron chi connectivity index (χ0n) is 10.9. The average molecular weight is 225 g/mol. The van der Waals surface area contributed by atoms with E-state index in [1.807, 2.05) is 24.0 Å². The molecule has 0 saturated carbocycles. The van der Waals surface area contributed by atoms with Gasteiger partial charge in [-0.2, -0.15) is 5.10 Å². The highest BCUT2D eigenvalue weighted by molar-refractivity contribution is 5.11. The Kier molecular flexibility index (Phi) is 4.50. The first-order valence-electron chi connectivity index (χ1n) is 5.79. The van der Waals surface area contributed by atoms with E-state index < -0.39 is 0 Å². The summed E-state index contributed by atoms with van der Waals surface area (Å²) < 4.78 is 7.47. The fraction of sp³-hybridized carbons (Fsp3) is 0.750. The van der Waals surface area contributed by atoms with Crippen LogP contribution in [0.4, 0.5) is 0 Å². The van der Waals surface area contributed by atoms with Crippen molar-refractivity contribution in [3.63, 3.8) is 0 Å². The van der Waals surface area contributed by atoms with Gasteiger partial charge in [-0.25, -0.2) is 0 Å². The lowest BCUT2D eigenvalue weighted by Gasteiger charge is -2.33. The maximum Gasteiger partial charge on any atom is 0.0831 e. The third-order valence-corrected chi connectivity index (χ3v) is 2.97. The standard InChI is InChI=1S/C12H23N3O/c1-6-8-13-11(12(2,3)16-5)10-7-9-14-15(10)4/h7,9,11,13H,6,8H2,1-5H3. The highest BCUT2D eigenvalue weighted by Gasteiger charge is 2.31. The molecule has 1 atom stereocenters. The van der Waals surface area contributed by atoms with E-state index in [1.165, 1.54) is 0 Å². The van der Waals surface area contributed by atoms with Crippen LogP contribution in [0.15, 0.2) is 12.3 Å². The molecule has 1 N–H and O–H groups in total. The minimum Gasteiger partial charge on any atom is -0.377 e. The first kappa shape index (κ1) is 13.2. The van der Waals surface area contributed by atoms with Gasteiger partial charge < -0.3 is 10.1 Å². The van der Waals surface area contributed by atoms with Crippen molar-refractivity contribution in [2.75, 3.05) is 13.7 Å². The molecular weight excluding hydrogens is 202 g/mol. The monoisotopic (exact) mass is 225 g/mol. The summed E-state index contributed by atoms with van der Waals surface area (Å²) in [4.78, 5) is 0. The summed E-state index contributed by atoms with van der Waals surface area (Å²) in [7, 11) is 3.71. The molecule has 92 valence electrons. The molecule has 1 aromatic heterocycles. The lowest BCUT2D eigenvalue weighted by molar-refractivity contribution is -0.0132. The number of methoxy groups -OCH3 is 1. The normalized spacial score (nSPS) is 14.1. The topological polar surface area (TPSA) is 39.1 Å². The molecule has 0 amide bonds. The highest BCUT2D eigenvalue weighted by Crippen LogP contribution is 2.27. The molecule has 1 heterocycles. The van der Waals surface area contributed by atoms with Crippen LogP contribution in [-0.4, -0.2) is 29.0 Å². The van der Waals surface area contributed by atoms with Crippen molar-refractivity contribution in [1.82, 2.24) is 15.1 Å². The van der Waals surface area contributed by atoms with Gasteiger partial charge in [-0.15, -0.1) is 0 Å². The molecule has 0 saturated heterocycles. The van der Waals surface area contributed by atoms with E-state index in [9.17, 15) is 0 Å². The molecule has 0 aromatic carbocycles. The van der Waals surface area contributed by atoms with Gasteiger partial charge in [0.05, 0.1) is 17.3 Å². The number of aryl methyl sites for hydroxylation is 1. The number of hydrogen-bond donors (Lipinski definition) is 1. The summed E-state index contributed by atoms with van der Waals surface area (Å²) in [5.74, 6) is 0. The van der Waals surface area contributed by atoms with Gasteiger partial charge in [-0.3, -0.25) is 4.68 Å². The molecule has 0 fully saturated rings. The molecule has 4 heteroatoms. The number of hydrogen-bond acceptors (Lipinski definition) is 3. The number of nitrogens with one attached hydrogen (secondary N) is 1. The Hall–Kier alpha value is -0.870. The Bertz CT molecular complexity index is 320. The summed E-state index contributed by atoms with van der Waals surface area (Å²) in [5.41, 5.74) is 0.906. The first-order chi connectivity index (χ1) is 7.53. The van der Waals surface area contributed by atoms with Crippen molar-refractivity contribution in [2.24, 2.45) is 7.05 Å². The van der Waals surface area contributed by atoms with E-state index >= 15 is 0 Å². The highest BCUT2D eigenvalue weighted by atomic mass is 16.5. The Labute approximate surface area is 98.0 Å². The molecule has 1 unspecified atom stereocenters. The Morgan fingerprint density at radius 3 is 2.69 bits per heavy atom. The van der Waals surface area contributed by atoms with Crippen LogP contribution in [0.25, 0.3) is 0 Å². The number of rotatable bonds is 6. The van der Waals surface area contributed by atoms with E-state index in [1.54, 1.807) is 7.11 Å². The zero-order chi connectivity index (χ0) is 12.2. The molecule has 0 aliphatic carbocycles. The van der Waals surface area contributed by atoms with Gasteiger partial charge in [0.15, 0.2) is 0 Å². The molecule has 16 heavy (non-hydrogen) atoms. The number of ether oxygens (including phenoxy) is 1. The smallest absolute Gasteiger partial charge is 0.0831 e. The third-order valence-electron chi connectivity index (χ3n) is 2.97. The van der Waals surface area contributed by atoms with Gasteiger partial charge in [-0.05, 0) is 32.9 Å². The summed E-state index contributed by atoms with van der Waals surface area (Å²) >= 11 is 0. The Morgan fingerprint density at radius 2 is 2.25 bits per heavy atom. The van der Waals surface area contributed by atoms with Crippen molar-refractivity contribution >= 4 is 0 Å². The predicted octanol–water partition coefficient (Wildman–Crippen LogP) is 1.89. The predicted molar refractivity (Wildman–Crippen MR) is 65.3 cm³/mol. The van der Waals surface area contributed by atoms with Crippen LogP contribution in [0.3, 0.4) is 0 Å².